The average molecular weight is 188 g/mol. The van der Waals surface area contributed by atoms with Crippen LogP contribution in [0.2, 0.25) is 0 Å². The predicted molar refractivity (Wildman–Crippen MR) is 43.5 cm³/mol. The second-order valence-electron chi connectivity index (χ2n) is 2.68. The van der Waals surface area contributed by atoms with E-state index < -0.39 is 17.7 Å². The molecular weight excluding hydrogens is 178 g/mol. The molecule has 4 heteroatoms. The fourth-order valence-corrected chi connectivity index (χ4v) is 1.08. The summed E-state index contributed by atoms with van der Waals surface area (Å²) in [6, 6.07) is 2.07. The minimum Gasteiger partial charge on any atom is -0.497 e. The molecule has 0 aliphatic rings. The summed E-state index contributed by atoms with van der Waals surface area (Å²) in [5.74, 6) is -1.50. The molecular formula is C9H10F2O2. The van der Waals surface area contributed by atoms with Crippen molar-refractivity contribution >= 4 is 0 Å². The Kier molecular flexibility index (Phi) is 2.83. The second kappa shape index (κ2) is 3.70. The summed E-state index contributed by atoms with van der Waals surface area (Å²) in [5, 5.41) is 9.03. The van der Waals surface area contributed by atoms with Crippen molar-refractivity contribution in [1.82, 2.24) is 0 Å². The van der Waals surface area contributed by atoms with Gasteiger partial charge in [0.1, 0.15) is 17.4 Å². The quantitative estimate of drug-likeness (QED) is 0.769. The standard InChI is InChI=1S/C9H10F2O2/c1-5(12)9-7(10)3-6(13-2)4-8(9)11/h3-5,12H,1-2H3/t5-/m0/s1. The Morgan fingerprint density at radius 3 is 2.08 bits per heavy atom. The van der Waals surface area contributed by atoms with E-state index in [0.717, 1.165) is 12.1 Å². The molecule has 1 N–H and O–H groups in total. The maximum atomic E-state index is 13.1. The lowest BCUT2D eigenvalue weighted by atomic mass is 10.1. The van der Waals surface area contributed by atoms with Crippen LogP contribution in [0.15, 0.2) is 12.1 Å². The van der Waals surface area contributed by atoms with Crippen molar-refractivity contribution in [3.05, 3.63) is 29.3 Å². The van der Waals surface area contributed by atoms with Gasteiger partial charge in [0.05, 0.1) is 18.8 Å². The van der Waals surface area contributed by atoms with E-state index in [9.17, 15) is 8.78 Å². The monoisotopic (exact) mass is 188 g/mol. The summed E-state index contributed by atoms with van der Waals surface area (Å²) in [6.45, 7) is 1.30. The van der Waals surface area contributed by atoms with Gasteiger partial charge in [-0.3, -0.25) is 0 Å². The molecule has 1 rings (SSSR count). The number of aliphatic hydroxyl groups excluding tert-OH is 1. The van der Waals surface area contributed by atoms with Crippen LogP contribution >= 0.6 is 0 Å². The lowest BCUT2D eigenvalue weighted by Gasteiger charge is -2.09. The Balaban J connectivity index is 3.23. The van der Waals surface area contributed by atoms with E-state index in [-0.39, 0.29) is 11.3 Å². The van der Waals surface area contributed by atoms with Crippen molar-refractivity contribution in [1.29, 1.82) is 0 Å². The molecule has 0 spiro atoms. The Hall–Kier alpha value is -1.16. The van der Waals surface area contributed by atoms with E-state index in [1.54, 1.807) is 0 Å². The van der Waals surface area contributed by atoms with Crippen molar-refractivity contribution in [3.8, 4) is 5.75 Å². The third-order valence-electron chi connectivity index (χ3n) is 1.71. The zero-order valence-electron chi connectivity index (χ0n) is 7.34. The Labute approximate surface area is 74.8 Å². The highest BCUT2D eigenvalue weighted by atomic mass is 19.1. The van der Waals surface area contributed by atoms with Crippen LogP contribution in [0.25, 0.3) is 0 Å². The lowest BCUT2D eigenvalue weighted by Crippen LogP contribution is -2.01. The van der Waals surface area contributed by atoms with Crippen molar-refractivity contribution < 1.29 is 18.6 Å². The molecule has 1 atom stereocenters. The summed E-state index contributed by atoms with van der Waals surface area (Å²) < 4.78 is 30.8. The van der Waals surface area contributed by atoms with Gasteiger partial charge in [0, 0.05) is 12.1 Å². The molecule has 2 nitrogen and oxygen atoms in total. The molecule has 0 saturated carbocycles. The van der Waals surface area contributed by atoms with E-state index in [0.29, 0.717) is 0 Å². The number of benzene rings is 1. The topological polar surface area (TPSA) is 29.5 Å². The number of hydrogen-bond acceptors (Lipinski definition) is 2. The summed E-state index contributed by atoms with van der Waals surface area (Å²) in [6.07, 6.45) is -1.16. The molecule has 0 amide bonds. The molecule has 0 saturated heterocycles. The number of methoxy groups -OCH3 is 1. The van der Waals surface area contributed by atoms with Crippen LogP contribution in [-0.2, 0) is 0 Å². The minimum atomic E-state index is -1.16. The van der Waals surface area contributed by atoms with E-state index in [1.165, 1.54) is 14.0 Å². The molecule has 0 aliphatic heterocycles. The van der Waals surface area contributed by atoms with Crippen molar-refractivity contribution in [3.63, 3.8) is 0 Å². The first-order valence-corrected chi connectivity index (χ1v) is 3.77. The zero-order valence-corrected chi connectivity index (χ0v) is 7.34. The Morgan fingerprint density at radius 2 is 1.77 bits per heavy atom. The molecule has 0 aliphatic carbocycles. The third-order valence-corrected chi connectivity index (χ3v) is 1.71. The van der Waals surface area contributed by atoms with E-state index in [1.807, 2.05) is 0 Å². The van der Waals surface area contributed by atoms with Crippen LogP contribution in [0.1, 0.15) is 18.6 Å². The van der Waals surface area contributed by atoms with Crippen LogP contribution in [0.4, 0.5) is 8.78 Å². The molecule has 1 aromatic rings. The van der Waals surface area contributed by atoms with Crippen LogP contribution in [0.3, 0.4) is 0 Å². The molecule has 0 aromatic heterocycles. The minimum absolute atomic E-state index is 0.0967. The van der Waals surface area contributed by atoms with Gasteiger partial charge in [0.25, 0.3) is 0 Å². The zero-order chi connectivity index (χ0) is 10.0. The van der Waals surface area contributed by atoms with Crippen LogP contribution in [0, 0.1) is 11.6 Å². The second-order valence-corrected chi connectivity index (χ2v) is 2.68. The van der Waals surface area contributed by atoms with Crippen LogP contribution in [0.5, 0.6) is 5.75 Å². The highest BCUT2D eigenvalue weighted by Gasteiger charge is 2.15. The molecule has 1 aromatic carbocycles. The van der Waals surface area contributed by atoms with Gasteiger partial charge in [-0.25, -0.2) is 8.78 Å². The van der Waals surface area contributed by atoms with E-state index in [2.05, 4.69) is 4.74 Å². The lowest BCUT2D eigenvalue weighted by molar-refractivity contribution is 0.188. The summed E-state index contributed by atoms with van der Waals surface area (Å²) >= 11 is 0. The molecule has 0 bridgehead atoms. The van der Waals surface area contributed by atoms with Gasteiger partial charge in [-0.15, -0.1) is 0 Å². The average Bonchev–Trinajstić information content (AvgIpc) is 2.02. The maximum absolute atomic E-state index is 13.1. The van der Waals surface area contributed by atoms with Crippen LogP contribution in [-0.4, -0.2) is 12.2 Å². The largest absolute Gasteiger partial charge is 0.497 e. The molecule has 0 heterocycles. The number of hydrogen-bond donors (Lipinski definition) is 1. The SMILES string of the molecule is COc1cc(F)c([C@H](C)O)c(F)c1. The highest BCUT2D eigenvalue weighted by Crippen LogP contribution is 2.24. The molecule has 0 fully saturated rings. The summed E-state index contributed by atoms with van der Waals surface area (Å²) in [7, 11) is 1.32. The number of rotatable bonds is 2. The number of ether oxygens (including phenoxy) is 1. The van der Waals surface area contributed by atoms with E-state index in [4.69, 9.17) is 5.11 Å². The molecule has 72 valence electrons. The van der Waals surface area contributed by atoms with Gasteiger partial charge in [-0.2, -0.15) is 0 Å². The fraction of sp³-hybridized carbons (Fsp3) is 0.333. The van der Waals surface area contributed by atoms with Gasteiger partial charge >= 0.3 is 0 Å². The smallest absolute Gasteiger partial charge is 0.135 e. The van der Waals surface area contributed by atoms with Gasteiger partial charge in [-0.05, 0) is 6.92 Å². The van der Waals surface area contributed by atoms with Crippen molar-refractivity contribution in [2.75, 3.05) is 7.11 Å². The van der Waals surface area contributed by atoms with Gasteiger partial charge in [-0.1, -0.05) is 0 Å². The van der Waals surface area contributed by atoms with Gasteiger partial charge in [0.2, 0.25) is 0 Å². The predicted octanol–water partition coefficient (Wildman–Crippen LogP) is 2.03. The maximum Gasteiger partial charge on any atom is 0.135 e. The van der Waals surface area contributed by atoms with Gasteiger partial charge < -0.3 is 9.84 Å². The first-order valence-electron chi connectivity index (χ1n) is 3.77. The van der Waals surface area contributed by atoms with E-state index >= 15 is 0 Å². The highest BCUT2D eigenvalue weighted by molar-refractivity contribution is 5.31. The third kappa shape index (κ3) is 1.95. The van der Waals surface area contributed by atoms with Crippen molar-refractivity contribution in [2.24, 2.45) is 0 Å². The first-order chi connectivity index (χ1) is 6.06. The van der Waals surface area contributed by atoms with Crippen LogP contribution < -0.4 is 4.74 Å². The fourth-order valence-electron chi connectivity index (χ4n) is 1.08. The summed E-state index contributed by atoms with van der Waals surface area (Å²) in [4.78, 5) is 0. The normalized spacial score (nSPS) is 12.7. The number of halogens is 2. The summed E-state index contributed by atoms with van der Waals surface area (Å²) in [5.41, 5.74) is -0.333. The molecule has 13 heavy (non-hydrogen) atoms. The Bertz CT molecular complexity index is 287. The molecule has 0 unspecified atom stereocenters. The Morgan fingerprint density at radius 1 is 1.31 bits per heavy atom. The first kappa shape index (κ1) is 9.92. The molecule has 0 radical (unpaired) electrons. The number of aliphatic hydroxyl groups is 1. The van der Waals surface area contributed by atoms with Crippen molar-refractivity contribution in [2.45, 2.75) is 13.0 Å². The van der Waals surface area contributed by atoms with Gasteiger partial charge in [0.15, 0.2) is 0 Å².